The molecule has 1 aliphatic heterocycles. The van der Waals surface area contributed by atoms with Crippen molar-refractivity contribution in [2.75, 3.05) is 18.4 Å². The lowest BCUT2D eigenvalue weighted by Crippen LogP contribution is -2.33. The van der Waals surface area contributed by atoms with Gasteiger partial charge in [0, 0.05) is 29.9 Å². The van der Waals surface area contributed by atoms with E-state index in [0.29, 0.717) is 30.3 Å². The van der Waals surface area contributed by atoms with Gasteiger partial charge in [-0.2, -0.15) is 0 Å². The van der Waals surface area contributed by atoms with E-state index in [1.54, 1.807) is 23.1 Å². The Morgan fingerprint density at radius 3 is 2.80 bits per heavy atom. The van der Waals surface area contributed by atoms with E-state index in [1.807, 2.05) is 0 Å². The highest BCUT2D eigenvalue weighted by molar-refractivity contribution is 7.94. The predicted molar refractivity (Wildman–Crippen MR) is 97.9 cm³/mol. The molecule has 1 aromatic heterocycles. The number of nitrogens with one attached hydrogen (secondary N) is 1. The van der Waals surface area contributed by atoms with Gasteiger partial charge in [-0.3, -0.25) is 9.52 Å². The maximum Gasteiger partial charge on any atom is 0.271 e. The molecule has 0 bridgehead atoms. The van der Waals surface area contributed by atoms with Crippen molar-refractivity contribution in [2.24, 2.45) is 0 Å². The predicted octanol–water partition coefficient (Wildman–Crippen LogP) is 3.12. The molecule has 25 heavy (non-hydrogen) atoms. The molecule has 1 N–H and O–H groups in total. The van der Waals surface area contributed by atoms with E-state index in [4.69, 9.17) is 16.3 Å². The number of fused-ring (bicyclic) bond motifs is 1. The van der Waals surface area contributed by atoms with Gasteiger partial charge in [-0.05, 0) is 36.2 Å². The van der Waals surface area contributed by atoms with Crippen molar-refractivity contribution in [3.8, 4) is 5.75 Å². The number of ether oxygens (including phenoxy) is 1. The molecule has 1 aromatic carbocycles. The van der Waals surface area contributed by atoms with Crippen molar-refractivity contribution in [2.45, 2.75) is 24.1 Å². The molecule has 6 nitrogen and oxygen atoms in total. The largest absolute Gasteiger partial charge is 0.495 e. The van der Waals surface area contributed by atoms with Crippen molar-refractivity contribution in [3.63, 3.8) is 0 Å². The van der Waals surface area contributed by atoms with Crippen LogP contribution in [0.3, 0.4) is 0 Å². The highest BCUT2D eigenvalue weighted by atomic mass is 35.5. The van der Waals surface area contributed by atoms with Crippen LogP contribution in [0.1, 0.15) is 17.4 Å². The van der Waals surface area contributed by atoms with Crippen LogP contribution < -0.4 is 9.46 Å². The number of carbonyl (C=O) groups is 1. The molecule has 1 aliphatic rings. The second kappa shape index (κ2) is 6.86. The minimum absolute atomic E-state index is 0.0111. The van der Waals surface area contributed by atoms with Crippen LogP contribution in [-0.2, 0) is 27.8 Å². The Hall–Kier alpha value is -1.77. The minimum Gasteiger partial charge on any atom is -0.495 e. The van der Waals surface area contributed by atoms with Crippen LogP contribution in [0.15, 0.2) is 28.5 Å². The number of benzene rings is 1. The Kier molecular flexibility index (Phi) is 4.95. The molecule has 0 spiro atoms. The summed E-state index contributed by atoms with van der Waals surface area (Å²) in [6.07, 6.45) is 0.662. The summed E-state index contributed by atoms with van der Waals surface area (Å²) in [5.41, 5.74) is 1.16. The zero-order valence-electron chi connectivity index (χ0n) is 13.7. The third kappa shape index (κ3) is 3.75. The molecule has 134 valence electrons. The quantitative estimate of drug-likeness (QED) is 0.855. The highest BCUT2D eigenvalue weighted by Gasteiger charge is 2.26. The molecule has 1 amide bonds. The molecule has 0 fully saturated rings. The number of thiophene rings is 1. The number of sulfonamides is 1. The zero-order valence-corrected chi connectivity index (χ0v) is 16.1. The molecule has 0 atom stereocenters. The normalized spacial score (nSPS) is 14.1. The van der Waals surface area contributed by atoms with Crippen LogP contribution in [0.25, 0.3) is 0 Å². The second-order valence-electron chi connectivity index (χ2n) is 5.65. The van der Waals surface area contributed by atoms with Gasteiger partial charge in [0.1, 0.15) is 9.96 Å². The van der Waals surface area contributed by atoms with Gasteiger partial charge in [0.15, 0.2) is 0 Å². The lowest BCUT2D eigenvalue weighted by molar-refractivity contribution is -0.129. The van der Waals surface area contributed by atoms with Crippen LogP contribution in [-0.4, -0.2) is 32.9 Å². The zero-order chi connectivity index (χ0) is 18.2. The van der Waals surface area contributed by atoms with E-state index in [-0.39, 0.29) is 15.8 Å². The second-order valence-corrected chi connectivity index (χ2v) is 9.14. The standard InChI is InChI=1S/C16H17ClN2O4S2/c1-10(20)19-6-5-15-11(9-19)7-16(24-15)25(21,22)18-13-8-12(17)3-4-14(13)23-2/h3-4,7-8,18H,5-6,9H2,1-2H3. The lowest BCUT2D eigenvalue weighted by atomic mass is 10.1. The molecular weight excluding hydrogens is 384 g/mol. The molecular formula is C16H17ClN2O4S2. The van der Waals surface area contributed by atoms with Gasteiger partial charge in [0.05, 0.1) is 12.8 Å². The fourth-order valence-corrected chi connectivity index (χ4v) is 5.44. The van der Waals surface area contributed by atoms with Crippen molar-refractivity contribution >= 4 is 44.6 Å². The molecule has 0 aliphatic carbocycles. The highest BCUT2D eigenvalue weighted by Crippen LogP contribution is 2.34. The van der Waals surface area contributed by atoms with Gasteiger partial charge in [-0.15, -0.1) is 11.3 Å². The van der Waals surface area contributed by atoms with Crippen LogP contribution in [0, 0.1) is 0 Å². The van der Waals surface area contributed by atoms with Gasteiger partial charge < -0.3 is 9.64 Å². The summed E-state index contributed by atoms with van der Waals surface area (Å²) in [4.78, 5) is 14.2. The third-order valence-electron chi connectivity index (χ3n) is 3.96. The minimum atomic E-state index is -3.77. The first-order chi connectivity index (χ1) is 11.8. The van der Waals surface area contributed by atoms with Crippen LogP contribution >= 0.6 is 22.9 Å². The average molecular weight is 401 g/mol. The summed E-state index contributed by atoms with van der Waals surface area (Å²) in [7, 11) is -2.31. The summed E-state index contributed by atoms with van der Waals surface area (Å²) in [5, 5.41) is 0.404. The number of hydrogen-bond donors (Lipinski definition) is 1. The molecule has 3 rings (SSSR count). The van der Waals surface area contributed by atoms with E-state index in [9.17, 15) is 13.2 Å². The number of rotatable bonds is 4. The molecule has 0 radical (unpaired) electrons. The van der Waals surface area contributed by atoms with Crippen LogP contribution in [0.5, 0.6) is 5.75 Å². The fraction of sp³-hybridized carbons (Fsp3) is 0.312. The summed E-state index contributed by atoms with van der Waals surface area (Å²) in [6, 6.07) is 6.36. The SMILES string of the molecule is COc1ccc(Cl)cc1NS(=O)(=O)c1cc2c(s1)CCN(C(C)=O)C2. The van der Waals surface area contributed by atoms with Gasteiger partial charge in [0.2, 0.25) is 5.91 Å². The third-order valence-corrected chi connectivity index (χ3v) is 7.27. The van der Waals surface area contributed by atoms with E-state index in [1.165, 1.54) is 31.4 Å². The summed E-state index contributed by atoms with van der Waals surface area (Å²) < 4.78 is 33.4. The monoisotopic (exact) mass is 400 g/mol. The fourth-order valence-electron chi connectivity index (χ4n) is 2.66. The molecule has 2 aromatic rings. The van der Waals surface area contributed by atoms with Gasteiger partial charge in [0.25, 0.3) is 10.0 Å². The van der Waals surface area contributed by atoms with Gasteiger partial charge in [-0.1, -0.05) is 11.6 Å². The summed E-state index contributed by atoms with van der Waals surface area (Å²) in [6.45, 7) is 2.57. The number of carbonyl (C=O) groups excluding carboxylic acids is 1. The topological polar surface area (TPSA) is 75.7 Å². The molecule has 0 saturated heterocycles. The van der Waals surface area contributed by atoms with Crippen molar-refractivity contribution in [1.29, 1.82) is 0 Å². The van der Waals surface area contributed by atoms with E-state index in [2.05, 4.69) is 4.72 Å². The van der Waals surface area contributed by atoms with Crippen molar-refractivity contribution in [1.82, 2.24) is 4.90 Å². The Labute approximate surface area is 155 Å². The molecule has 2 heterocycles. The average Bonchev–Trinajstić information content (AvgIpc) is 2.98. The number of hydrogen-bond acceptors (Lipinski definition) is 5. The van der Waals surface area contributed by atoms with E-state index < -0.39 is 10.0 Å². The molecule has 0 saturated carbocycles. The number of halogens is 1. The Morgan fingerprint density at radius 2 is 2.12 bits per heavy atom. The number of amides is 1. The number of anilines is 1. The number of nitrogens with zero attached hydrogens (tertiary/aromatic N) is 1. The van der Waals surface area contributed by atoms with Crippen LogP contribution in [0.4, 0.5) is 5.69 Å². The Morgan fingerprint density at radius 1 is 1.36 bits per heavy atom. The molecule has 9 heteroatoms. The lowest BCUT2D eigenvalue weighted by Gasteiger charge is -2.25. The van der Waals surface area contributed by atoms with Gasteiger partial charge >= 0.3 is 0 Å². The van der Waals surface area contributed by atoms with Crippen LogP contribution in [0.2, 0.25) is 5.02 Å². The van der Waals surface area contributed by atoms with E-state index in [0.717, 1.165) is 10.4 Å². The maximum atomic E-state index is 12.7. The number of methoxy groups -OCH3 is 1. The maximum absolute atomic E-state index is 12.7. The van der Waals surface area contributed by atoms with Crippen molar-refractivity contribution in [3.05, 3.63) is 39.7 Å². The first-order valence-electron chi connectivity index (χ1n) is 7.53. The van der Waals surface area contributed by atoms with E-state index >= 15 is 0 Å². The summed E-state index contributed by atoms with van der Waals surface area (Å²) in [5.74, 6) is 0.375. The Bertz CT molecular complexity index is 924. The molecule has 0 unspecified atom stereocenters. The van der Waals surface area contributed by atoms with Crippen molar-refractivity contribution < 1.29 is 17.9 Å². The van der Waals surface area contributed by atoms with Gasteiger partial charge in [-0.25, -0.2) is 8.42 Å². The first kappa shape index (κ1) is 18.0. The smallest absolute Gasteiger partial charge is 0.271 e. The summed E-state index contributed by atoms with van der Waals surface area (Å²) >= 11 is 7.18. The first-order valence-corrected chi connectivity index (χ1v) is 10.2. The Balaban J connectivity index is 1.90.